The van der Waals surface area contributed by atoms with Gasteiger partial charge >= 0.3 is 0 Å². The maximum atomic E-state index is 10.4. The van der Waals surface area contributed by atoms with Gasteiger partial charge in [-0.1, -0.05) is 0 Å². The van der Waals surface area contributed by atoms with Crippen molar-refractivity contribution in [3.63, 3.8) is 0 Å². The lowest BCUT2D eigenvalue weighted by molar-refractivity contribution is 1.05. The molecule has 1 aromatic rings. The van der Waals surface area contributed by atoms with E-state index in [0.29, 0.717) is 0 Å². The van der Waals surface area contributed by atoms with Crippen LogP contribution in [0.15, 0.2) is 29.3 Å². The van der Waals surface area contributed by atoms with Gasteiger partial charge in [-0.2, -0.15) is 10.2 Å². The fourth-order valence-corrected chi connectivity index (χ4v) is 0.348. The topological polar surface area (TPSA) is 42.9 Å². The maximum absolute atomic E-state index is 10.4. The Bertz CT molecular complexity index is 208. The van der Waals surface area contributed by atoms with Crippen LogP contribution in [0.2, 0.25) is 0 Å². The minimum Gasteiger partial charge on any atom is -0.288 e. The molecule has 0 saturated heterocycles. The molecule has 5 heteroatoms. The highest BCUT2D eigenvalue weighted by molar-refractivity contribution is 5.85. The third-order valence-corrected chi connectivity index (χ3v) is 0.665. The van der Waals surface area contributed by atoms with Crippen molar-refractivity contribution in [2.24, 2.45) is 0 Å². The van der Waals surface area contributed by atoms with Gasteiger partial charge < -0.3 is 0 Å². The summed E-state index contributed by atoms with van der Waals surface area (Å²) in [6.45, 7) is 0. The fraction of sp³-hybridized carbons (Fsp3) is 0. The van der Waals surface area contributed by atoms with E-state index in [1.54, 1.807) is 6.07 Å². The minimum atomic E-state index is -0.123. The van der Waals surface area contributed by atoms with E-state index in [2.05, 4.69) is 10.2 Å². The first kappa shape index (κ1) is 12.0. The van der Waals surface area contributed by atoms with Crippen molar-refractivity contribution in [1.29, 1.82) is 0 Å². The molecule has 0 bridgehead atoms. The zero-order valence-electron chi connectivity index (χ0n) is 4.93. The highest BCUT2D eigenvalue weighted by Gasteiger charge is 1.71. The molecule has 3 nitrogen and oxygen atoms in total. The average molecular weight is 181 g/mol. The van der Waals surface area contributed by atoms with Gasteiger partial charge in [0.05, 0.1) is 6.20 Å². The summed E-state index contributed by atoms with van der Waals surface area (Å²) in [6.07, 6.45) is 2.63. The largest absolute Gasteiger partial charge is 0.288 e. The van der Waals surface area contributed by atoms with Crippen LogP contribution in [0.4, 0.5) is 0 Å². The summed E-state index contributed by atoms with van der Waals surface area (Å²) in [4.78, 5) is 10.4. The predicted octanol–water partition coefficient (Wildman–Crippen LogP) is 0.680. The Morgan fingerprint density at radius 2 is 1.90 bits per heavy atom. The molecule has 0 saturated carbocycles. The molecule has 0 amide bonds. The van der Waals surface area contributed by atoms with Crippen LogP contribution in [0.25, 0.3) is 0 Å². The standard InChI is InChI=1S/C5H4N2O.2ClH/c8-5-2-1-3-6-7-4-5;;/h1-4H;2*1H. The number of hydrogen-bond acceptors (Lipinski definition) is 3. The van der Waals surface area contributed by atoms with E-state index in [1.807, 2.05) is 0 Å². The first-order chi connectivity index (χ1) is 3.89. The monoisotopic (exact) mass is 180 g/mol. The van der Waals surface area contributed by atoms with E-state index < -0.39 is 0 Å². The van der Waals surface area contributed by atoms with E-state index in [4.69, 9.17) is 0 Å². The average Bonchev–Trinajstić information content (AvgIpc) is 1.94. The Balaban J connectivity index is 0. The number of rotatable bonds is 0. The number of aromatic nitrogens is 2. The second kappa shape index (κ2) is 6.45. The molecule has 0 fully saturated rings. The molecular weight excluding hydrogens is 175 g/mol. The van der Waals surface area contributed by atoms with Crippen molar-refractivity contribution in [2.75, 3.05) is 0 Å². The highest BCUT2D eigenvalue weighted by Crippen LogP contribution is 1.62. The van der Waals surface area contributed by atoms with Crippen LogP contribution in [0.3, 0.4) is 0 Å². The van der Waals surface area contributed by atoms with Crippen molar-refractivity contribution in [1.82, 2.24) is 10.2 Å². The molecule has 1 aromatic heterocycles. The molecule has 0 unspecified atom stereocenters. The summed E-state index contributed by atoms with van der Waals surface area (Å²) in [5.74, 6) is 0. The summed E-state index contributed by atoms with van der Waals surface area (Å²) >= 11 is 0. The Labute approximate surface area is 70.3 Å². The van der Waals surface area contributed by atoms with E-state index >= 15 is 0 Å². The summed E-state index contributed by atoms with van der Waals surface area (Å²) in [5.41, 5.74) is -0.123. The van der Waals surface area contributed by atoms with E-state index in [-0.39, 0.29) is 30.2 Å². The van der Waals surface area contributed by atoms with Gasteiger partial charge in [-0.05, 0) is 12.1 Å². The SMILES string of the molecule is Cl.Cl.O=c1cccnnc1. The van der Waals surface area contributed by atoms with Gasteiger partial charge in [0.25, 0.3) is 0 Å². The number of halogens is 2. The van der Waals surface area contributed by atoms with E-state index in [1.165, 1.54) is 18.5 Å². The van der Waals surface area contributed by atoms with Crippen LogP contribution in [0.1, 0.15) is 0 Å². The third-order valence-electron chi connectivity index (χ3n) is 0.665. The van der Waals surface area contributed by atoms with Crippen LogP contribution in [-0.4, -0.2) is 10.2 Å². The third kappa shape index (κ3) is 4.23. The van der Waals surface area contributed by atoms with Crippen molar-refractivity contribution < 1.29 is 0 Å². The van der Waals surface area contributed by atoms with Crippen LogP contribution >= 0.6 is 24.8 Å². The number of nitrogens with zero attached hydrogens (tertiary/aromatic N) is 2. The molecule has 0 spiro atoms. The van der Waals surface area contributed by atoms with Gasteiger partial charge in [0.1, 0.15) is 0 Å². The molecule has 0 atom stereocenters. The van der Waals surface area contributed by atoms with Crippen LogP contribution < -0.4 is 5.43 Å². The second-order valence-corrected chi connectivity index (χ2v) is 1.27. The van der Waals surface area contributed by atoms with E-state index in [0.717, 1.165) is 0 Å². The minimum absolute atomic E-state index is 0. The second-order valence-electron chi connectivity index (χ2n) is 1.27. The van der Waals surface area contributed by atoms with Crippen molar-refractivity contribution >= 4 is 24.8 Å². The zero-order valence-corrected chi connectivity index (χ0v) is 6.56. The first-order valence-electron chi connectivity index (χ1n) is 2.16. The molecule has 0 aliphatic carbocycles. The molecule has 10 heavy (non-hydrogen) atoms. The highest BCUT2D eigenvalue weighted by atomic mass is 35.5. The maximum Gasteiger partial charge on any atom is 0.198 e. The molecule has 56 valence electrons. The van der Waals surface area contributed by atoms with Gasteiger partial charge in [0.2, 0.25) is 0 Å². The van der Waals surface area contributed by atoms with Crippen LogP contribution in [-0.2, 0) is 0 Å². The summed E-state index contributed by atoms with van der Waals surface area (Å²) in [7, 11) is 0. The van der Waals surface area contributed by atoms with Crippen molar-refractivity contribution in [2.45, 2.75) is 0 Å². The molecule has 0 radical (unpaired) electrons. The van der Waals surface area contributed by atoms with Crippen LogP contribution in [0, 0.1) is 0 Å². The lowest BCUT2D eigenvalue weighted by atomic mass is 10.5. The molecule has 0 aliphatic rings. The lowest BCUT2D eigenvalue weighted by Crippen LogP contribution is -1.90. The molecular formula is C5H6Cl2N2O. The zero-order chi connectivity index (χ0) is 5.82. The molecule has 1 heterocycles. The quantitative estimate of drug-likeness (QED) is 0.591. The smallest absolute Gasteiger partial charge is 0.198 e. The Kier molecular flexibility index (Phi) is 7.77. The normalized spacial score (nSPS) is 6.80. The van der Waals surface area contributed by atoms with Gasteiger partial charge in [-0.3, -0.25) is 4.79 Å². The summed E-state index contributed by atoms with van der Waals surface area (Å²) < 4.78 is 0. The Hall–Kier alpha value is -0.670. The molecule has 1 rings (SSSR count). The fourth-order valence-electron chi connectivity index (χ4n) is 0.348. The van der Waals surface area contributed by atoms with Crippen molar-refractivity contribution in [3.05, 3.63) is 34.7 Å². The molecule has 0 aromatic carbocycles. The number of hydrogen-bond donors (Lipinski definition) is 0. The van der Waals surface area contributed by atoms with Crippen molar-refractivity contribution in [3.8, 4) is 0 Å². The Morgan fingerprint density at radius 3 is 2.60 bits per heavy atom. The molecule has 0 N–H and O–H groups in total. The summed E-state index contributed by atoms with van der Waals surface area (Å²) in [6, 6.07) is 2.95. The van der Waals surface area contributed by atoms with Gasteiger partial charge in [0.15, 0.2) is 5.43 Å². The van der Waals surface area contributed by atoms with Gasteiger partial charge in [-0.25, -0.2) is 0 Å². The Morgan fingerprint density at radius 1 is 1.20 bits per heavy atom. The molecule has 0 aliphatic heterocycles. The predicted molar refractivity (Wildman–Crippen MR) is 42.8 cm³/mol. The summed E-state index contributed by atoms with van der Waals surface area (Å²) in [5, 5.41) is 6.84. The van der Waals surface area contributed by atoms with Crippen LogP contribution in [0.5, 0.6) is 0 Å². The first-order valence-corrected chi connectivity index (χ1v) is 2.16. The van der Waals surface area contributed by atoms with Gasteiger partial charge in [-0.15, -0.1) is 24.8 Å². The lowest BCUT2D eigenvalue weighted by Gasteiger charge is -1.55. The van der Waals surface area contributed by atoms with Gasteiger partial charge in [0, 0.05) is 6.20 Å². The van der Waals surface area contributed by atoms with E-state index in [9.17, 15) is 4.79 Å².